The van der Waals surface area contributed by atoms with E-state index in [0.29, 0.717) is 25.0 Å². The quantitative estimate of drug-likeness (QED) is 0.813. The lowest BCUT2D eigenvalue weighted by Crippen LogP contribution is -2.49. The molecule has 0 spiro atoms. The van der Waals surface area contributed by atoms with Crippen molar-refractivity contribution in [3.05, 3.63) is 0 Å². The van der Waals surface area contributed by atoms with Crippen molar-refractivity contribution in [3.63, 3.8) is 0 Å². The van der Waals surface area contributed by atoms with E-state index in [4.69, 9.17) is 5.73 Å². The van der Waals surface area contributed by atoms with Crippen LogP contribution in [0.2, 0.25) is 0 Å². The van der Waals surface area contributed by atoms with Crippen LogP contribution in [-0.4, -0.2) is 61.3 Å². The first-order valence-electron chi connectivity index (χ1n) is 6.71. The second-order valence-electron chi connectivity index (χ2n) is 5.52. The molecule has 1 heterocycles. The average molecular weight is 265 g/mol. The van der Waals surface area contributed by atoms with Crippen LogP contribution in [0.25, 0.3) is 0 Å². The molecule has 106 valence electrons. The Kier molecular flexibility index (Phi) is 4.50. The molecule has 0 amide bonds. The van der Waals surface area contributed by atoms with Gasteiger partial charge in [0.25, 0.3) is 0 Å². The Morgan fingerprint density at radius 3 is 2.11 bits per heavy atom. The summed E-state index contributed by atoms with van der Waals surface area (Å²) in [5, 5.41) is 0. The topological polar surface area (TPSA) is 32.5 Å². The molecule has 1 saturated heterocycles. The van der Waals surface area contributed by atoms with E-state index in [1.165, 1.54) is 17.7 Å². The summed E-state index contributed by atoms with van der Waals surface area (Å²) in [6.45, 7) is 2.64. The van der Waals surface area contributed by atoms with E-state index >= 15 is 0 Å². The molecule has 0 aromatic heterocycles. The SMILES string of the molecule is NC(CCN1CCN(CC(F)(F)F)CC1)C1CC1. The molecule has 0 aromatic rings. The lowest BCUT2D eigenvalue weighted by atomic mass is 10.1. The summed E-state index contributed by atoms with van der Waals surface area (Å²) >= 11 is 0. The summed E-state index contributed by atoms with van der Waals surface area (Å²) in [4.78, 5) is 3.71. The van der Waals surface area contributed by atoms with E-state index < -0.39 is 12.7 Å². The molecule has 1 atom stereocenters. The minimum atomic E-state index is -4.07. The molecule has 1 aliphatic carbocycles. The third kappa shape index (κ3) is 4.74. The van der Waals surface area contributed by atoms with E-state index in [-0.39, 0.29) is 0 Å². The van der Waals surface area contributed by atoms with Crippen LogP contribution in [0.1, 0.15) is 19.3 Å². The minimum Gasteiger partial charge on any atom is -0.327 e. The molecule has 0 bridgehead atoms. The molecule has 18 heavy (non-hydrogen) atoms. The highest BCUT2D eigenvalue weighted by Crippen LogP contribution is 2.32. The Bertz CT molecular complexity index is 258. The van der Waals surface area contributed by atoms with Crippen molar-refractivity contribution in [1.29, 1.82) is 0 Å². The number of rotatable bonds is 5. The van der Waals surface area contributed by atoms with Crippen LogP contribution in [0, 0.1) is 5.92 Å². The van der Waals surface area contributed by atoms with Crippen molar-refractivity contribution in [2.75, 3.05) is 39.3 Å². The Morgan fingerprint density at radius 2 is 1.61 bits per heavy atom. The third-order valence-corrected chi connectivity index (χ3v) is 3.87. The Hall–Kier alpha value is -0.330. The predicted octanol–water partition coefficient (Wildman–Crippen LogP) is 1.29. The van der Waals surface area contributed by atoms with Crippen molar-refractivity contribution in [2.45, 2.75) is 31.5 Å². The van der Waals surface area contributed by atoms with Crippen molar-refractivity contribution in [2.24, 2.45) is 11.7 Å². The zero-order chi connectivity index (χ0) is 13.2. The summed E-state index contributed by atoms with van der Waals surface area (Å²) in [6.07, 6.45) is -0.596. The normalized spacial score (nSPS) is 25.3. The number of nitrogens with two attached hydrogens (primary N) is 1. The maximum Gasteiger partial charge on any atom is 0.401 e. The number of halogens is 3. The van der Waals surface area contributed by atoms with Crippen LogP contribution >= 0.6 is 0 Å². The van der Waals surface area contributed by atoms with Gasteiger partial charge in [-0.1, -0.05) is 0 Å². The number of hydrogen-bond acceptors (Lipinski definition) is 3. The highest BCUT2D eigenvalue weighted by Gasteiger charge is 2.32. The highest BCUT2D eigenvalue weighted by molar-refractivity contribution is 4.85. The van der Waals surface area contributed by atoms with Gasteiger partial charge in [-0.15, -0.1) is 0 Å². The smallest absolute Gasteiger partial charge is 0.327 e. The van der Waals surface area contributed by atoms with Gasteiger partial charge in [-0.25, -0.2) is 0 Å². The molecular weight excluding hydrogens is 243 g/mol. The van der Waals surface area contributed by atoms with Gasteiger partial charge in [-0.05, 0) is 31.7 Å². The van der Waals surface area contributed by atoms with Crippen LogP contribution in [0.4, 0.5) is 13.2 Å². The van der Waals surface area contributed by atoms with Crippen LogP contribution in [0.5, 0.6) is 0 Å². The molecule has 1 saturated carbocycles. The van der Waals surface area contributed by atoms with Gasteiger partial charge in [0, 0.05) is 32.2 Å². The molecule has 6 heteroatoms. The Morgan fingerprint density at radius 1 is 1.06 bits per heavy atom. The van der Waals surface area contributed by atoms with Gasteiger partial charge >= 0.3 is 6.18 Å². The fourth-order valence-electron chi connectivity index (χ4n) is 2.52. The maximum absolute atomic E-state index is 12.2. The molecule has 2 rings (SSSR count). The molecule has 3 nitrogen and oxygen atoms in total. The lowest BCUT2D eigenvalue weighted by molar-refractivity contribution is -0.149. The van der Waals surface area contributed by atoms with Gasteiger partial charge in [-0.3, -0.25) is 4.90 Å². The average Bonchev–Trinajstić information content (AvgIpc) is 3.09. The van der Waals surface area contributed by atoms with Crippen molar-refractivity contribution >= 4 is 0 Å². The van der Waals surface area contributed by atoms with Gasteiger partial charge in [0.2, 0.25) is 0 Å². The van der Waals surface area contributed by atoms with E-state index in [0.717, 1.165) is 26.1 Å². The largest absolute Gasteiger partial charge is 0.401 e. The minimum absolute atomic E-state index is 0.290. The Balaban J connectivity index is 1.60. The fourth-order valence-corrected chi connectivity index (χ4v) is 2.52. The molecule has 2 fully saturated rings. The number of hydrogen-bond donors (Lipinski definition) is 1. The summed E-state index contributed by atoms with van der Waals surface area (Å²) < 4.78 is 36.6. The molecule has 2 N–H and O–H groups in total. The first kappa shape index (κ1) is 14.1. The fraction of sp³-hybridized carbons (Fsp3) is 1.00. The van der Waals surface area contributed by atoms with E-state index in [2.05, 4.69) is 4.90 Å². The second kappa shape index (κ2) is 5.75. The lowest BCUT2D eigenvalue weighted by Gasteiger charge is -2.35. The Labute approximate surface area is 106 Å². The van der Waals surface area contributed by atoms with Crippen LogP contribution in [-0.2, 0) is 0 Å². The second-order valence-corrected chi connectivity index (χ2v) is 5.52. The van der Waals surface area contributed by atoms with Crippen molar-refractivity contribution in [3.8, 4) is 0 Å². The standard InChI is InChI=1S/C12H22F3N3/c13-12(14,15)9-18-7-5-17(6-8-18)4-3-11(16)10-1-2-10/h10-11H,1-9,16H2. The van der Waals surface area contributed by atoms with Crippen LogP contribution in [0.3, 0.4) is 0 Å². The molecule has 1 aliphatic heterocycles. The predicted molar refractivity (Wildman–Crippen MR) is 64.3 cm³/mol. The van der Waals surface area contributed by atoms with Gasteiger partial charge in [0.1, 0.15) is 0 Å². The van der Waals surface area contributed by atoms with Gasteiger partial charge in [0.15, 0.2) is 0 Å². The molecule has 0 radical (unpaired) electrons. The number of piperazine rings is 1. The number of nitrogens with zero attached hydrogens (tertiary/aromatic N) is 2. The van der Waals surface area contributed by atoms with E-state index in [1.807, 2.05) is 0 Å². The van der Waals surface area contributed by atoms with Crippen molar-refractivity contribution in [1.82, 2.24) is 9.80 Å². The third-order valence-electron chi connectivity index (χ3n) is 3.87. The van der Waals surface area contributed by atoms with E-state index in [1.54, 1.807) is 0 Å². The van der Waals surface area contributed by atoms with Gasteiger partial charge < -0.3 is 10.6 Å². The zero-order valence-electron chi connectivity index (χ0n) is 10.6. The molecule has 2 aliphatic rings. The number of alkyl halides is 3. The van der Waals surface area contributed by atoms with Crippen LogP contribution < -0.4 is 5.73 Å². The monoisotopic (exact) mass is 265 g/mol. The summed E-state index contributed by atoms with van der Waals surface area (Å²) in [5.41, 5.74) is 6.02. The first-order chi connectivity index (χ1) is 8.44. The highest BCUT2D eigenvalue weighted by atomic mass is 19.4. The van der Waals surface area contributed by atoms with Gasteiger partial charge in [-0.2, -0.15) is 13.2 Å². The molecule has 0 aromatic carbocycles. The zero-order valence-corrected chi connectivity index (χ0v) is 10.6. The molecular formula is C12H22F3N3. The van der Waals surface area contributed by atoms with Crippen LogP contribution in [0.15, 0.2) is 0 Å². The summed E-state index contributed by atoms with van der Waals surface area (Å²) in [5.74, 6) is 0.705. The summed E-state index contributed by atoms with van der Waals surface area (Å²) in [7, 11) is 0. The van der Waals surface area contributed by atoms with Crippen molar-refractivity contribution < 1.29 is 13.2 Å². The van der Waals surface area contributed by atoms with Gasteiger partial charge in [0.05, 0.1) is 6.54 Å². The summed E-state index contributed by atoms with van der Waals surface area (Å²) in [6, 6.07) is 0.290. The first-order valence-corrected chi connectivity index (χ1v) is 6.71. The maximum atomic E-state index is 12.2. The van der Waals surface area contributed by atoms with E-state index in [9.17, 15) is 13.2 Å². The molecule has 1 unspecified atom stereocenters.